The number of hydrogen-bond donors (Lipinski definition) is 0. The lowest BCUT2D eigenvalue weighted by Crippen LogP contribution is -2.39. The molecular formula is C19H24FN3O3. The van der Waals surface area contributed by atoms with Crippen LogP contribution in [0.15, 0.2) is 22.7 Å². The van der Waals surface area contributed by atoms with Crippen molar-refractivity contribution in [2.45, 2.75) is 39.0 Å². The summed E-state index contributed by atoms with van der Waals surface area (Å²) in [4.78, 5) is 18.8. The normalized spacial score (nSPS) is 15.5. The lowest BCUT2D eigenvalue weighted by atomic mass is 9.93. The zero-order valence-electron chi connectivity index (χ0n) is 15.4. The fourth-order valence-electron chi connectivity index (χ4n) is 3.15. The van der Waals surface area contributed by atoms with E-state index >= 15 is 0 Å². The summed E-state index contributed by atoms with van der Waals surface area (Å²) in [6.45, 7) is 5.34. The van der Waals surface area contributed by atoms with Crippen molar-refractivity contribution in [3.63, 3.8) is 0 Å². The van der Waals surface area contributed by atoms with Gasteiger partial charge in [0.2, 0.25) is 5.89 Å². The van der Waals surface area contributed by atoms with Crippen LogP contribution in [0, 0.1) is 11.7 Å². The molecule has 0 bridgehead atoms. The lowest BCUT2D eigenvalue weighted by Gasteiger charge is -2.31. The number of ether oxygens (including phenoxy) is 1. The molecule has 2 heterocycles. The molecule has 0 radical (unpaired) electrons. The molecule has 1 aliphatic rings. The Labute approximate surface area is 152 Å². The van der Waals surface area contributed by atoms with Crippen LogP contribution in [-0.2, 0) is 6.42 Å². The molecule has 0 saturated carbocycles. The second kappa shape index (κ2) is 7.85. The Morgan fingerprint density at radius 2 is 2.12 bits per heavy atom. The third kappa shape index (κ3) is 4.03. The van der Waals surface area contributed by atoms with E-state index in [1.807, 2.05) is 13.8 Å². The molecular weight excluding hydrogens is 337 g/mol. The number of hydrogen-bond acceptors (Lipinski definition) is 5. The first-order valence-electron chi connectivity index (χ1n) is 8.93. The van der Waals surface area contributed by atoms with E-state index in [-0.39, 0.29) is 17.6 Å². The fraction of sp³-hybridized carbons (Fsp3) is 0.526. The number of halogens is 1. The molecule has 3 rings (SSSR count). The van der Waals surface area contributed by atoms with E-state index in [4.69, 9.17) is 9.26 Å². The maximum absolute atomic E-state index is 13.8. The van der Waals surface area contributed by atoms with Gasteiger partial charge in [-0.1, -0.05) is 19.0 Å². The average molecular weight is 361 g/mol. The van der Waals surface area contributed by atoms with Crippen LogP contribution in [0.5, 0.6) is 5.75 Å². The Bertz CT molecular complexity index is 767. The van der Waals surface area contributed by atoms with Gasteiger partial charge in [-0.05, 0) is 37.0 Å². The minimum Gasteiger partial charge on any atom is -0.494 e. The number of likely N-dealkylation sites (tertiary alicyclic amines) is 1. The summed E-state index contributed by atoms with van der Waals surface area (Å²) in [5.74, 6) is 1.52. The van der Waals surface area contributed by atoms with E-state index in [9.17, 15) is 9.18 Å². The van der Waals surface area contributed by atoms with Crippen LogP contribution in [-0.4, -0.2) is 41.1 Å². The largest absolute Gasteiger partial charge is 0.494 e. The van der Waals surface area contributed by atoms with Gasteiger partial charge < -0.3 is 14.2 Å². The summed E-state index contributed by atoms with van der Waals surface area (Å²) in [5.41, 5.74) is 0.347. The molecule has 1 aromatic heterocycles. The summed E-state index contributed by atoms with van der Waals surface area (Å²) in [6, 6.07) is 4.32. The zero-order chi connectivity index (χ0) is 18.7. The maximum Gasteiger partial charge on any atom is 0.253 e. The van der Waals surface area contributed by atoms with Crippen molar-refractivity contribution in [3.8, 4) is 5.75 Å². The van der Waals surface area contributed by atoms with E-state index in [0.717, 1.165) is 25.1 Å². The van der Waals surface area contributed by atoms with E-state index in [0.29, 0.717) is 30.5 Å². The van der Waals surface area contributed by atoms with Gasteiger partial charge >= 0.3 is 0 Å². The highest BCUT2D eigenvalue weighted by Gasteiger charge is 2.26. The number of carbonyl (C=O) groups excluding carboxylic acids is 1. The Kier molecular flexibility index (Phi) is 5.54. The topological polar surface area (TPSA) is 68.5 Å². The van der Waals surface area contributed by atoms with Gasteiger partial charge in [-0.3, -0.25) is 4.79 Å². The van der Waals surface area contributed by atoms with Gasteiger partial charge in [0.15, 0.2) is 17.4 Å². The van der Waals surface area contributed by atoms with Crippen LogP contribution in [0.3, 0.4) is 0 Å². The van der Waals surface area contributed by atoms with Crippen molar-refractivity contribution >= 4 is 5.91 Å². The highest BCUT2D eigenvalue weighted by atomic mass is 19.1. The molecule has 2 aromatic rings. The highest BCUT2D eigenvalue weighted by molar-refractivity contribution is 5.94. The molecule has 1 amide bonds. The Balaban J connectivity index is 1.55. The van der Waals surface area contributed by atoms with E-state index in [2.05, 4.69) is 10.1 Å². The molecule has 0 N–H and O–H groups in total. The van der Waals surface area contributed by atoms with Crippen molar-refractivity contribution in [1.82, 2.24) is 15.0 Å². The van der Waals surface area contributed by atoms with E-state index < -0.39 is 5.82 Å². The fourth-order valence-corrected chi connectivity index (χ4v) is 3.15. The van der Waals surface area contributed by atoms with Crippen LogP contribution < -0.4 is 4.74 Å². The molecule has 0 aliphatic carbocycles. The number of amides is 1. The number of aromatic nitrogens is 2. The SMILES string of the molecule is COc1ccc(C(=O)N2CCC(Cc3nc(C(C)C)no3)CC2)cc1F. The molecule has 0 spiro atoms. The van der Waals surface area contributed by atoms with Crippen molar-refractivity contribution < 1.29 is 18.4 Å². The van der Waals surface area contributed by atoms with Gasteiger partial charge in [0.1, 0.15) is 0 Å². The van der Waals surface area contributed by atoms with Crippen LogP contribution in [0.2, 0.25) is 0 Å². The molecule has 1 fully saturated rings. The maximum atomic E-state index is 13.8. The minimum absolute atomic E-state index is 0.139. The molecule has 0 atom stereocenters. The monoisotopic (exact) mass is 361 g/mol. The first-order valence-corrected chi connectivity index (χ1v) is 8.93. The van der Waals surface area contributed by atoms with Gasteiger partial charge in [-0.2, -0.15) is 4.98 Å². The molecule has 1 saturated heterocycles. The van der Waals surface area contributed by atoms with E-state index in [1.54, 1.807) is 11.0 Å². The van der Waals surface area contributed by atoms with Crippen molar-refractivity contribution in [2.75, 3.05) is 20.2 Å². The number of piperidine rings is 1. The van der Waals surface area contributed by atoms with Crippen LogP contribution in [0.1, 0.15) is 54.7 Å². The van der Waals surface area contributed by atoms with Gasteiger partial charge in [-0.25, -0.2) is 4.39 Å². The third-order valence-electron chi connectivity index (χ3n) is 4.76. The Morgan fingerprint density at radius 1 is 1.38 bits per heavy atom. The molecule has 6 nitrogen and oxygen atoms in total. The van der Waals surface area contributed by atoms with Gasteiger partial charge in [0, 0.05) is 31.0 Å². The number of rotatable bonds is 5. The first-order chi connectivity index (χ1) is 12.5. The second-order valence-electron chi connectivity index (χ2n) is 6.99. The van der Waals surface area contributed by atoms with Crippen LogP contribution >= 0.6 is 0 Å². The standard InChI is InChI=1S/C19H24FN3O3/c1-12(2)18-21-17(26-22-18)10-13-6-8-23(9-7-13)19(24)14-4-5-16(25-3)15(20)11-14/h4-5,11-13H,6-10H2,1-3H3. The number of nitrogens with zero attached hydrogens (tertiary/aromatic N) is 3. The molecule has 140 valence electrons. The summed E-state index contributed by atoms with van der Waals surface area (Å²) >= 11 is 0. The Hall–Kier alpha value is -2.44. The summed E-state index contributed by atoms with van der Waals surface area (Å²) in [6.07, 6.45) is 2.46. The first kappa shape index (κ1) is 18.4. The average Bonchev–Trinajstić information content (AvgIpc) is 3.10. The van der Waals surface area contributed by atoms with Crippen molar-refractivity contribution in [3.05, 3.63) is 41.3 Å². The molecule has 7 heteroatoms. The lowest BCUT2D eigenvalue weighted by molar-refractivity contribution is 0.0687. The van der Waals surface area contributed by atoms with Crippen LogP contribution in [0.25, 0.3) is 0 Å². The smallest absolute Gasteiger partial charge is 0.253 e. The van der Waals surface area contributed by atoms with Crippen LogP contribution in [0.4, 0.5) is 4.39 Å². The van der Waals surface area contributed by atoms with Gasteiger partial charge in [-0.15, -0.1) is 0 Å². The van der Waals surface area contributed by atoms with Crippen molar-refractivity contribution in [2.24, 2.45) is 5.92 Å². The quantitative estimate of drug-likeness (QED) is 0.816. The molecule has 0 unspecified atom stereocenters. The molecule has 1 aromatic carbocycles. The summed E-state index contributed by atoms with van der Waals surface area (Å²) in [7, 11) is 1.40. The van der Waals surface area contributed by atoms with Crippen molar-refractivity contribution in [1.29, 1.82) is 0 Å². The number of benzene rings is 1. The molecule has 1 aliphatic heterocycles. The summed E-state index contributed by atoms with van der Waals surface area (Å²) in [5, 5.41) is 3.99. The van der Waals surface area contributed by atoms with Gasteiger partial charge in [0.25, 0.3) is 5.91 Å². The third-order valence-corrected chi connectivity index (χ3v) is 4.76. The second-order valence-corrected chi connectivity index (χ2v) is 6.99. The number of methoxy groups -OCH3 is 1. The Morgan fingerprint density at radius 3 is 2.69 bits per heavy atom. The number of carbonyl (C=O) groups is 1. The predicted molar refractivity (Wildman–Crippen MR) is 93.7 cm³/mol. The predicted octanol–water partition coefficient (Wildman–Crippen LogP) is 3.44. The highest BCUT2D eigenvalue weighted by Crippen LogP contribution is 2.24. The minimum atomic E-state index is -0.523. The molecule has 26 heavy (non-hydrogen) atoms. The zero-order valence-corrected chi connectivity index (χ0v) is 15.4. The van der Waals surface area contributed by atoms with Gasteiger partial charge in [0.05, 0.1) is 7.11 Å². The van der Waals surface area contributed by atoms with E-state index in [1.165, 1.54) is 19.2 Å². The summed E-state index contributed by atoms with van der Waals surface area (Å²) < 4.78 is 24.0.